The van der Waals surface area contributed by atoms with Crippen molar-refractivity contribution in [3.63, 3.8) is 0 Å². The van der Waals surface area contributed by atoms with E-state index in [9.17, 15) is 0 Å². The van der Waals surface area contributed by atoms with Crippen LogP contribution in [-0.2, 0) is 0 Å². The first kappa shape index (κ1) is 8.58. The van der Waals surface area contributed by atoms with Gasteiger partial charge in [-0.2, -0.15) is 0 Å². The second-order valence-corrected chi connectivity index (χ2v) is 3.65. The standard InChI is InChI=1S/C11H16/c1-4-11(2,3)10-8-6-5-7-9-10/h5,8-9H,4,6H2,1-3H3. The van der Waals surface area contributed by atoms with Crippen molar-refractivity contribution in [1.29, 1.82) is 0 Å². The number of rotatable bonds is 2. The molecule has 0 aromatic rings. The molecular weight excluding hydrogens is 132 g/mol. The molecule has 1 aliphatic rings. The third kappa shape index (κ3) is 1.95. The van der Waals surface area contributed by atoms with Gasteiger partial charge in [0.15, 0.2) is 0 Å². The Kier molecular flexibility index (Phi) is 2.53. The summed E-state index contributed by atoms with van der Waals surface area (Å²) >= 11 is 0. The lowest BCUT2D eigenvalue weighted by Crippen LogP contribution is -2.12. The van der Waals surface area contributed by atoms with Gasteiger partial charge in [0, 0.05) is 0 Å². The summed E-state index contributed by atoms with van der Waals surface area (Å²) in [5.74, 6) is 0. The molecular formula is C11H16. The van der Waals surface area contributed by atoms with E-state index in [2.05, 4.69) is 45.4 Å². The van der Waals surface area contributed by atoms with Crippen LogP contribution in [0.5, 0.6) is 0 Å². The largest absolute Gasteiger partial charge is 0.0801 e. The monoisotopic (exact) mass is 148 g/mol. The van der Waals surface area contributed by atoms with Crippen molar-refractivity contribution < 1.29 is 0 Å². The van der Waals surface area contributed by atoms with Crippen LogP contribution in [-0.4, -0.2) is 0 Å². The molecule has 0 unspecified atom stereocenters. The summed E-state index contributed by atoms with van der Waals surface area (Å²) in [5, 5.41) is 0. The summed E-state index contributed by atoms with van der Waals surface area (Å²) in [4.78, 5) is 0. The van der Waals surface area contributed by atoms with Crippen LogP contribution >= 0.6 is 0 Å². The van der Waals surface area contributed by atoms with E-state index >= 15 is 0 Å². The smallest absolute Gasteiger partial charge is 0.00523 e. The van der Waals surface area contributed by atoms with E-state index in [4.69, 9.17) is 0 Å². The van der Waals surface area contributed by atoms with Gasteiger partial charge in [-0.05, 0) is 36.3 Å². The van der Waals surface area contributed by atoms with Crippen LogP contribution in [0.4, 0.5) is 0 Å². The van der Waals surface area contributed by atoms with Gasteiger partial charge in [-0.25, -0.2) is 0 Å². The third-order valence-corrected chi connectivity index (χ3v) is 2.48. The molecule has 0 saturated heterocycles. The van der Waals surface area contributed by atoms with Crippen molar-refractivity contribution in [2.75, 3.05) is 0 Å². The molecule has 0 amide bonds. The average molecular weight is 148 g/mol. The Morgan fingerprint density at radius 3 is 2.73 bits per heavy atom. The molecule has 0 heteroatoms. The van der Waals surface area contributed by atoms with Gasteiger partial charge in [-0.3, -0.25) is 0 Å². The SMILES string of the molecule is CCC(C)(C)C1=CC[CH][C]=C1. The zero-order valence-electron chi connectivity index (χ0n) is 7.65. The molecule has 0 aromatic heterocycles. The fraction of sp³-hybridized carbons (Fsp3) is 0.545. The highest BCUT2D eigenvalue weighted by atomic mass is 14.2. The number of hydrogen-bond acceptors (Lipinski definition) is 0. The minimum atomic E-state index is 0.335. The van der Waals surface area contributed by atoms with Gasteiger partial charge < -0.3 is 0 Å². The normalized spacial score (nSPS) is 18.3. The first-order chi connectivity index (χ1) is 5.17. The van der Waals surface area contributed by atoms with Crippen LogP contribution in [0.15, 0.2) is 17.7 Å². The molecule has 1 rings (SSSR count). The van der Waals surface area contributed by atoms with Crippen LogP contribution in [0.25, 0.3) is 0 Å². The summed E-state index contributed by atoms with van der Waals surface area (Å²) in [6, 6.07) is 0. The predicted molar refractivity (Wildman–Crippen MR) is 48.9 cm³/mol. The second-order valence-electron chi connectivity index (χ2n) is 3.65. The van der Waals surface area contributed by atoms with Crippen molar-refractivity contribution in [2.24, 2.45) is 5.41 Å². The van der Waals surface area contributed by atoms with Gasteiger partial charge in [0.25, 0.3) is 0 Å². The maximum Gasteiger partial charge on any atom is -0.00523 e. The Labute approximate surface area is 70.0 Å². The summed E-state index contributed by atoms with van der Waals surface area (Å²) in [6.07, 6.45) is 11.9. The van der Waals surface area contributed by atoms with Gasteiger partial charge in [-0.1, -0.05) is 32.9 Å². The lowest BCUT2D eigenvalue weighted by atomic mass is 9.79. The molecule has 0 fully saturated rings. The molecule has 0 aromatic carbocycles. The highest BCUT2D eigenvalue weighted by molar-refractivity contribution is 5.28. The van der Waals surface area contributed by atoms with Crippen molar-refractivity contribution in [2.45, 2.75) is 33.6 Å². The quantitative estimate of drug-likeness (QED) is 0.563. The van der Waals surface area contributed by atoms with Crippen molar-refractivity contribution in [3.8, 4) is 0 Å². The average Bonchev–Trinajstić information content (AvgIpc) is 2.06. The van der Waals surface area contributed by atoms with Crippen molar-refractivity contribution >= 4 is 0 Å². The lowest BCUT2D eigenvalue weighted by Gasteiger charge is -2.25. The summed E-state index contributed by atoms with van der Waals surface area (Å²) in [6.45, 7) is 6.79. The van der Waals surface area contributed by atoms with E-state index in [0.29, 0.717) is 5.41 Å². The van der Waals surface area contributed by atoms with E-state index in [1.807, 2.05) is 0 Å². The lowest BCUT2D eigenvalue weighted by molar-refractivity contribution is 0.437. The van der Waals surface area contributed by atoms with Crippen LogP contribution < -0.4 is 0 Å². The van der Waals surface area contributed by atoms with Gasteiger partial charge in [0.2, 0.25) is 0 Å². The molecule has 11 heavy (non-hydrogen) atoms. The van der Waals surface area contributed by atoms with E-state index < -0.39 is 0 Å². The first-order valence-electron chi connectivity index (χ1n) is 4.28. The minimum Gasteiger partial charge on any atom is -0.0801 e. The van der Waals surface area contributed by atoms with Crippen molar-refractivity contribution in [1.82, 2.24) is 0 Å². The van der Waals surface area contributed by atoms with E-state index in [0.717, 1.165) is 6.42 Å². The van der Waals surface area contributed by atoms with Gasteiger partial charge in [-0.15, -0.1) is 0 Å². The molecule has 0 heterocycles. The Hall–Kier alpha value is -0.520. The fourth-order valence-electron chi connectivity index (χ4n) is 1.14. The molecule has 0 N–H and O–H groups in total. The molecule has 0 spiro atoms. The summed E-state index contributed by atoms with van der Waals surface area (Å²) in [5.41, 5.74) is 1.77. The molecule has 2 radical (unpaired) electrons. The number of hydrogen-bond donors (Lipinski definition) is 0. The zero-order chi connectivity index (χ0) is 8.32. The van der Waals surface area contributed by atoms with Gasteiger partial charge >= 0.3 is 0 Å². The van der Waals surface area contributed by atoms with E-state index in [-0.39, 0.29) is 0 Å². The highest BCUT2D eigenvalue weighted by Gasteiger charge is 2.19. The number of allylic oxidation sites excluding steroid dienone is 4. The Morgan fingerprint density at radius 1 is 1.55 bits per heavy atom. The first-order valence-corrected chi connectivity index (χ1v) is 4.28. The van der Waals surface area contributed by atoms with E-state index in [1.165, 1.54) is 12.0 Å². The maximum atomic E-state index is 3.16. The van der Waals surface area contributed by atoms with Crippen molar-refractivity contribution in [3.05, 3.63) is 30.2 Å². The molecule has 0 nitrogen and oxygen atoms in total. The minimum absolute atomic E-state index is 0.335. The highest BCUT2D eigenvalue weighted by Crippen LogP contribution is 2.32. The van der Waals surface area contributed by atoms with Crippen LogP contribution in [0.3, 0.4) is 0 Å². The zero-order valence-corrected chi connectivity index (χ0v) is 7.65. The van der Waals surface area contributed by atoms with Gasteiger partial charge in [0.05, 0.1) is 0 Å². The maximum absolute atomic E-state index is 3.16. The predicted octanol–water partition coefficient (Wildman–Crippen LogP) is 3.32. The van der Waals surface area contributed by atoms with Crippen LogP contribution in [0.1, 0.15) is 33.6 Å². The van der Waals surface area contributed by atoms with Crippen LogP contribution in [0.2, 0.25) is 0 Å². The molecule has 0 aliphatic heterocycles. The molecule has 0 saturated carbocycles. The molecule has 0 atom stereocenters. The third-order valence-electron chi connectivity index (χ3n) is 2.48. The van der Waals surface area contributed by atoms with Gasteiger partial charge in [0.1, 0.15) is 0 Å². The molecule has 0 bridgehead atoms. The van der Waals surface area contributed by atoms with Crippen LogP contribution in [0, 0.1) is 17.9 Å². The Morgan fingerprint density at radius 2 is 2.27 bits per heavy atom. The Bertz CT molecular complexity index is 182. The molecule has 60 valence electrons. The topological polar surface area (TPSA) is 0 Å². The second kappa shape index (κ2) is 3.25. The van der Waals surface area contributed by atoms with E-state index in [1.54, 1.807) is 0 Å². The fourth-order valence-corrected chi connectivity index (χ4v) is 1.14. The molecule has 1 aliphatic carbocycles. The Balaban J connectivity index is 2.73. The summed E-state index contributed by atoms with van der Waals surface area (Å²) in [7, 11) is 0. The summed E-state index contributed by atoms with van der Waals surface area (Å²) < 4.78 is 0.